The number of nitro groups is 1. The fourth-order valence-electron chi connectivity index (χ4n) is 4.47. The van der Waals surface area contributed by atoms with Gasteiger partial charge in [-0.2, -0.15) is 0 Å². The first-order valence-electron chi connectivity index (χ1n) is 11.3. The molecule has 0 saturated carbocycles. The van der Waals surface area contributed by atoms with E-state index in [2.05, 4.69) is 10.3 Å². The third kappa shape index (κ3) is 4.88. The molecule has 1 atom stereocenters. The Kier molecular flexibility index (Phi) is 6.95. The number of H-pyrrole nitrogens is 1. The molecule has 1 aromatic heterocycles. The Bertz CT molecular complexity index is 1410. The number of amides is 2. The Hall–Kier alpha value is -4.73. The second-order valence-corrected chi connectivity index (χ2v) is 8.37. The largest absolute Gasteiger partial charge is 0.478 e. The number of carbonyl (C=O) groups is 2. The summed E-state index contributed by atoms with van der Waals surface area (Å²) in [4.78, 5) is 52.3. The molecule has 1 unspecified atom stereocenters. The fraction of sp³-hybridized carbons (Fsp3) is 0.192. The molecule has 10 nitrogen and oxygen atoms in total. The lowest BCUT2D eigenvalue weighted by molar-refractivity contribution is -0.384. The molecular formula is C26H24N4O6. The Morgan fingerprint density at radius 1 is 1.11 bits per heavy atom. The van der Waals surface area contributed by atoms with E-state index in [9.17, 15) is 29.6 Å². The first-order valence-corrected chi connectivity index (χ1v) is 11.3. The van der Waals surface area contributed by atoms with E-state index in [1.165, 1.54) is 23.1 Å². The van der Waals surface area contributed by atoms with Crippen molar-refractivity contribution >= 4 is 17.7 Å². The van der Waals surface area contributed by atoms with Gasteiger partial charge in [0.2, 0.25) is 0 Å². The van der Waals surface area contributed by atoms with E-state index in [-0.39, 0.29) is 29.1 Å². The van der Waals surface area contributed by atoms with Gasteiger partial charge in [0.15, 0.2) is 0 Å². The molecule has 184 valence electrons. The van der Waals surface area contributed by atoms with E-state index in [0.717, 1.165) is 11.1 Å². The van der Waals surface area contributed by atoms with Crippen molar-refractivity contribution in [3.63, 3.8) is 0 Å². The van der Waals surface area contributed by atoms with Crippen LogP contribution in [0.25, 0.3) is 11.1 Å². The Balaban J connectivity index is 1.58. The number of hydrogen-bond donors (Lipinski definition) is 3. The minimum absolute atomic E-state index is 0.0590. The van der Waals surface area contributed by atoms with Gasteiger partial charge >= 0.3 is 12.0 Å². The number of carboxylic acids is 1. The van der Waals surface area contributed by atoms with Crippen LogP contribution in [0.15, 0.2) is 82.9 Å². The molecule has 1 aliphatic rings. The van der Waals surface area contributed by atoms with Gasteiger partial charge in [-0.25, -0.2) is 9.59 Å². The molecule has 3 aromatic rings. The lowest BCUT2D eigenvalue weighted by Crippen LogP contribution is -2.48. The smallest absolute Gasteiger partial charge is 0.335 e. The van der Waals surface area contributed by atoms with Crippen molar-refractivity contribution in [3.05, 3.63) is 110 Å². The summed E-state index contributed by atoms with van der Waals surface area (Å²) < 4.78 is 0. The highest BCUT2D eigenvalue weighted by Crippen LogP contribution is 2.32. The summed E-state index contributed by atoms with van der Waals surface area (Å²) >= 11 is 0. The summed E-state index contributed by atoms with van der Waals surface area (Å²) in [6.45, 7) is 1.77. The maximum Gasteiger partial charge on any atom is 0.335 e. The van der Waals surface area contributed by atoms with Crippen molar-refractivity contribution < 1.29 is 19.6 Å². The zero-order valence-electron chi connectivity index (χ0n) is 19.4. The van der Waals surface area contributed by atoms with Crippen LogP contribution in [0.4, 0.5) is 10.5 Å². The number of aryl methyl sites for hydroxylation is 1. The molecule has 10 heteroatoms. The fourth-order valence-corrected chi connectivity index (χ4v) is 4.47. The highest BCUT2D eigenvalue weighted by atomic mass is 16.6. The minimum Gasteiger partial charge on any atom is -0.478 e. The third-order valence-electron chi connectivity index (χ3n) is 6.18. The molecule has 2 aromatic carbocycles. The third-order valence-corrected chi connectivity index (χ3v) is 6.18. The van der Waals surface area contributed by atoms with Crippen molar-refractivity contribution in [3.8, 4) is 11.1 Å². The van der Waals surface area contributed by atoms with Crippen molar-refractivity contribution in [1.82, 2.24) is 15.2 Å². The van der Waals surface area contributed by atoms with Crippen molar-refractivity contribution in [2.75, 3.05) is 6.54 Å². The van der Waals surface area contributed by atoms with E-state index < -0.39 is 23.0 Å². The lowest BCUT2D eigenvalue weighted by atomic mass is 9.94. The van der Waals surface area contributed by atoms with E-state index in [0.29, 0.717) is 24.0 Å². The summed E-state index contributed by atoms with van der Waals surface area (Å²) in [6, 6.07) is 15.1. The molecule has 3 N–H and O–H groups in total. The quantitative estimate of drug-likeness (QED) is 0.323. The molecule has 2 amide bonds. The number of nitrogens with one attached hydrogen (secondary N) is 2. The van der Waals surface area contributed by atoms with Gasteiger partial charge < -0.3 is 15.4 Å². The van der Waals surface area contributed by atoms with Gasteiger partial charge in [0.1, 0.15) is 0 Å². The molecule has 4 rings (SSSR count). The second-order valence-electron chi connectivity index (χ2n) is 8.37. The van der Waals surface area contributed by atoms with Crippen LogP contribution in [0.5, 0.6) is 0 Å². The maximum atomic E-state index is 13.0. The van der Waals surface area contributed by atoms with Crippen LogP contribution in [0.2, 0.25) is 0 Å². The highest BCUT2D eigenvalue weighted by Gasteiger charge is 2.36. The maximum absolute atomic E-state index is 13.0. The van der Waals surface area contributed by atoms with Gasteiger partial charge in [-0.15, -0.1) is 0 Å². The predicted molar refractivity (Wildman–Crippen MR) is 132 cm³/mol. The molecule has 0 fully saturated rings. The van der Waals surface area contributed by atoms with Crippen LogP contribution >= 0.6 is 0 Å². The number of non-ortho nitro benzene ring substituents is 1. The van der Waals surface area contributed by atoms with Crippen LogP contribution in [0, 0.1) is 10.1 Å². The number of nitro benzene ring substituents is 1. The van der Waals surface area contributed by atoms with Gasteiger partial charge in [-0.05, 0) is 42.5 Å². The highest BCUT2D eigenvalue weighted by molar-refractivity contribution is 5.93. The first-order chi connectivity index (χ1) is 17.3. The molecule has 0 spiro atoms. The zero-order chi connectivity index (χ0) is 25.8. The lowest BCUT2D eigenvalue weighted by Gasteiger charge is -2.35. The topological polar surface area (TPSA) is 146 Å². The molecule has 0 saturated heterocycles. The van der Waals surface area contributed by atoms with Crippen LogP contribution in [0.1, 0.15) is 30.5 Å². The number of aliphatic carboxylic acids is 1. The SMILES string of the molecule is CC1=C(C(=O)O)C(c2cccc([N+](=O)[O-])c2)NC(=O)N1CCCc1cc[nH]c(=O)c1-c1ccccc1. The molecule has 2 heterocycles. The van der Waals surface area contributed by atoms with E-state index >= 15 is 0 Å². The number of allylic oxidation sites excluding steroid dienone is 1. The number of pyridine rings is 1. The van der Waals surface area contributed by atoms with Crippen LogP contribution in [-0.4, -0.2) is 38.5 Å². The predicted octanol–water partition coefficient (Wildman–Crippen LogP) is 4.01. The van der Waals surface area contributed by atoms with E-state index in [1.807, 2.05) is 36.4 Å². The van der Waals surface area contributed by atoms with Crippen LogP contribution < -0.4 is 10.9 Å². The summed E-state index contributed by atoms with van der Waals surface area (Å²) in [5.74, 6) is -1.23. The average molecular weight is 489 g/mol. The van der Waals surface area contributed by atoms with E-state index in [1.54, 1.807) is 19.2 Å². The van der Waals surface area contributed by atoms with Crippen LogP contribution in [-0.2, 0) is 11.2 Å². The standard InChI is InChI=1S/C26H24N4O6/c1-16-21(25(32)33)23(19-9-5-11-20(15-19)30(35)36)28-26(34)29(16)14-6-10-18-12-13-27-24(31)22(18)17-7-3-2-4-8-17/h2-5,7-9,11-13,15,23H,6,10,14H2,1H3,(H,27,31)(H,28,34)(H,32,33). The van der Waals surface area contributed by atoms with Crippen LogP contribution in [0.3, 0.4) is 0 Å². The second kappa shape index (κ2) is 10.3. The number of hydrogen-bond acceptors (Lipinski definition) is 5. The van der Waals surface area contributed by atoms with Gasteiger partial charge in [0.05, 0.1) is 22.1 Å². The van der Waals surface area contributed by atoms with Gasteiger partial charge in [0.25, 0.3) is 11.2 Å². The Morgan fingerprint density at radius 2 is 1.86 bits per heavy atom. The summed E-state index contributed by atoms with van der Waals surface area (Å²) in [7, 11) is 0. The van der Waals surface area contributed by atoms with Gasteiger partial charge in [-0.3, -0.25) is 19.8 Å². The molecule has 1 aliphatic heterocycles. The number of nitrogens with zero attached hydrogens (tertiary/aromatic N) is 2. The first kappa shape index (κ1) is 24.4. The zero-order valence-corrected chi connectivity index (χ0v) is 19.4. The van der Waals surface area contributed by atoms with Gasteiger partial charge in [0, 0.05) is 30.6 Å². The molecular weight excluding hydrogens is 464 g/mol. The van der Waals surface area contributed by atoms with Crippen molar-refractivity contribution in [2.24, 2.45) is 0 Å². The summed E-state index contributed by atoms with van der Waals surface area (Å²) in [5, 5.41) is 23.8. The van der Waals surface area contributed by atoms with Crippen molar-refractivity contribution in [2.45, 2.75) is 25.8 Å². The number of rotatable bonds is 8. The Labute approximate surface area is 206 Å². The number of carbonyl (C=O) groups excluding carboxylic acids is 1. The number of urea groups is 1. The van der Waals surface area contributed by atoms with Crippen molar-refractivity contribution in [1.29, 1.82) is 0 Å². The molecule has 36 heavy (non-hydrogen) atoms. The monoisotopic (exact) mass is 488 g/mol. The number of aromatic nitrogens is 1. The number of carboxylic acid groups (broad SMARTS) is 1. The number of benzene rings is 2. The molecule has 0 radical (unpaired) electrons. The normalized spacial score (nSPS) is 15.5. The molecule has 0 bridgehead atoms. The van der Waals surface area contributed by atoms with Gasteiger partial charge in [-0.1, -0.05) is 42.5 Å². The minimum atomic E-state index is -1.23. The Morgan fingerprint density at radius 3 is 2.56 bits per heavy atom. The number of aromatic amines is 1. The molecule has 0 aliphatic carbocycles. The summed E-state index contributed by atoms with van der Waals surface area (Å²) in [5.41, 5.74) is 2.27. The average Bonchev–Trinajstić information content (AvgIpc) is 2.86. The van der Waals surface area contributed by atoms with E-state index in [4.69, 9.17) is 0 Å². The summed E-state index contributed by atoms with van der Waals surface area (Å²) in [6.07, 6.45) is 2.54.